The fourth-order valence-electron chi connectivity index (χ4n) is 1.96. The largest absolute Gasteiger partial charge is 0.392 e. The lowest BCUT2D eigenvalue weighted by molar-refractivity contribution is 0.188. The summed E-state index contributed by atoms with van der Waals surface area (Å²) in [4.78, 5) is 0. The van der Waals surface area contributed by atoms with Gasteiger partial charge in [0.05, 0.1) is 6.10 Å². The number of aryl methyl sites for hydroxylation is 1. The van der Waals surface area contributed by atoms with Gasteiger partial charge in [-0.15, -0.1) is 0 Å². The van der Waals surface area contributed by atoms with E-state index in [1.54, 1.807) is 0 Å². The van der Waals surface area contributed by atoms with Crippen LogP contribution >= 0.6 is 0 Å². The molecule has 1 aliphatic rings. The summed E-state index contributed by atoms with van der Waals surface area (Å²) in [6.07, 6.45) is 3.39. The molecule has 2 rings (SSSR count). The molecule has 0 heterocycles. The molecule has 0 aromatic heterocycles. The second-order valence-corrected chi connectivity index (χ2v) is 4.17. The summed E-state index contributed by atoms with van der Waals surface area (Å²) < 4.78 is 0. The first kappa shape index (κ1) is 10.2. The molecular formula is C14H16O. The zero-order chi connectivity index (χ0) is 10.8. The molecule has 1 heteroatoms. The van der Waals surface area contributed by atoms with Crippen molar-refractivity contribution < 1.29 is 5.11 Å². The number of hydrogen-bond donors (Lipinski definition) is 1. The lowest BCUT2D eigenvalue weighted by Gasteiger charge is -2.08. The molecule has 0 radical (unpaired) electrons. The van der Waals surface area contributed by atoms with E-state index in [1.807, 2.05) is 6.07 Å². The summed E-state index contributed by atoms with van der Waals surface area (Å²) in [7, 11) is 0. The number of aliphatic hydroxyl groups is 1. The fourth-order valence-corrected chi connectivity index (χ4v) is 1.96. The molecule has 1 aromatic carbocycles. The van der Waals surface area contributed by atoms with Gasteiger partial charge in [0, 0.05) is 0 Å². The van der Waals surface area contributed by atoms with Crippen LogP contribution in [-0.2, 0) is 0 Å². The maximum absolute atomic E-state index is 9.46. The number of benzene rings is 1. The average Bonchev–Trinajstić information content (AvgIpc) is 2.64. The van der Waals surface area contributed by atoms with E-state index in [2.05, 4.69) is 37.8 Å². The van der Waals surface area contributed by atoms with E-state index >= 15 is 0 Å². The van der Waals surface area contributed by atoms with E-state index in [1.165, 1.54) is 11.1 Å². The maximum Gasteiger partial charge on any atom is 0.0615 e. The van der Waals surface area contributed by atoms with Gasteiger partial charge >= 0.3 is 0 Å². The molecule has 0 spiro atoms. The van der Waals surface area contributed by atoms with Crippen molar-refractivity contribution in [2.75, 3.05) is 0 Å². The molecule has 1 aliphatic carbocycles. The minimum absolute atomic E-state index is 0.207. The predicted octanol–water partition coefficient (Wildman–Crippen LogP) is 3.09. The van der Waals surface area contributed by atoms with Crippen molar-refractivity contribution in [3.8, 4) is 0 Å². The Hall–Kier alpha value is -1.34. The molecule has 0 aliphatic heterocycles. The monoisotopic (exact) mass is 200 g/mol. The van der Waals surface area contributed by atoms with Crippen molar-refractivity contribution in [1.29, 1.82) is 0 Å². The quantitative estimate of drug-likeness (QED) is 0.777. The van der Waals surface area contributed by atoms with Crippen molar-refractivity contribution in [3.05, 3.63) is 53.6 Å². The van der Waals surface area contributed by atoms with Crippen molar-refractivity contribution in [1.82, 2.24) is 0 Å². The highest BCUT2D eigenvalue weighted by atomic mass is 16.3. The lowest BCUT2D eigenvalue weighted by Crippen LogP contribution is -1.99. The Balaban J connectivity index is 2.22. The minimum Gasteiger partial charge on any atom is -0.392 e. The van der Waals surface area contributed by atoms with Gasteiger partial charge in [0.25, 0.3) is 0 Å². The van der Waals surface area contributed by atoms with E-state index < -0.39 is 0 Å². The van der Waals surface area contributed by atoms with Gasteiger partial charge in [-0.05, 0) is 36.5 Å². The van der Waals surface area contributed by atoms with E-state index in [9.17, 15) is 5.11 Å². The first-order valence-corrected chi connectivity index (χ1v) is 5.30. The fraction of sp³-hybridized carbons (Fsp3) is 0.286. The number of allylic oxidation sites excluding steroid dienone is 1. The van der Waals surface area contributed by atoms with Crippen LogP contribution in [0.1, 0.15) is 24.0 Å². The van der Waals surface area contributed by atoms with E-state index in [4.69, 9.17) is 0 Å². The molecular weight excluding hydrogens is 184 g/mol. The SMILES string of the molecule is C=C(C1=CCC(O)C1)c1cccc(C)c1. The molecule has 0 saturated carbocycles. The van der Waals surface area contributed by atoms with E-state index in [-0.39, 0.29) is 6.10 Å². The molecule has 0 amide bonds. The molecule has 0 fully saturated rings. The van der Waals surface area contributed by atoms with Crippen molar-refractivity contribution in [2.45, 2.75) is 25.9 Å². The topological polar surface area (TPSA) is 20.2 Å². The second-order valence-electron chi connectivity index (χ2n) is 4.17. The highest BCUT2D eigenvalue weighted by Crippen LogP contribution is 2.30. The average molecular weight is 200 g/mol. The summed E-state index contributed by atoms with van der Waals surface area (Å²) in [5.41, 5.74) is 4.64. The normalized spacial score (nSPS) is 20.1. The smallest absolute Gasteiger partial charge is 0.0615 e. The van der Waals surface area contributed by atoms with Crippen LogP contribution in [0.25, 0.3) is 5.57 Å². The maximum atomic E-state index is 9.46. The Bertz CT molecular complexity index is 415. The minimum atomic E-state index is -0.207. The van der Waals surface area contributed by atoms with Gasteiger partial charge in [0.1, 0.15) is 0 Å². The van der Waals surface area contributed by atoms with Crippen LogP contribution in [0.2, 0.25) is 0 Å². The van der Waals surface area contributed by atoms with Crippen LogP contribution in [-0.4, -0.2) is 11.2 Å². The van der Waals surface area contributed by atoms with Crippen LogP contribution in [0.5, 0.6) is 0 Å². The third-order valence-electron chi connectivity index (χ3n) is 2.85. The molecule has 0 bridgehead atoms. The Morgan fingerprint density at radius 1 is 1.47 bits per heavy atom. The Labute approximate surface area is 90.8 Å². The lowest BCUT2D eigenvalue weighted by atomic mass is 9.97. The van der Waals surface area contributed by atoms with Crippen molar-refractivity contribution in [2.24, 2.45) is 0 Å². The molecule has 1 atom stereocenters. The van der Waals surface area contributed by atoms with Crippen molar-refractivity contribution in [3.63, 3.8) is 0 Å². The van der Waals surface area contributed by atoms with Crippen LogP contribution in [0.4, 0.5) is 0 Å². The van der Waals surface area contributed by atoms with Gasteiger partial charge in [-0.25, -0.2) is 0 Å². The summed E-state index contributed by atoms with van der Waals surface area (Å²) in [5, 5.41) is 9.46. The zero-order valence-corrected chi connectivity index (χ0v) is 9.03. The molecule has 1 unspecified atom stereocenters. The van der Waals surface area contributed by atoms with Gasteiger partial charge in [0.2, 0.25) is 0 Å². The third-order valence-corrected chi connectivity index (χ3v) is 2.85. The van der Waals surface area contributed by atoms with Gasteiger partial charge in [-0.1, -0.05) is 42.5 Å². The van der Waals surface area contributed by atoms with Gasteiger partial charge in [-0.3, -0.25) is 0 Å². The molecule has 15 heavy (non-hydrogen) atoms. The molecule has 1 aromatic rings. The van der Waals surface area contributed by atoms with E-state index in [0.717, 1.165) is 24.0 Å². The summed E-state index contributed by atoms with van der Waals surface area (Å²) in [6, 6.07) is 8.32. The third kappa shape index (κ3) is 2.18. The summed E-state index contributed by atoms with van der Waals surface area (Å²) in [5.74, 6) is 0. The van der Waals surface area contributed by atoms with Crippen LogP contribution in [0, 0.1) is 6.92 Å². The van der Waals surface area contributed by atoms with Crippen LogP contribution in [0.3, 0.4) is 0 Å². The van der Waals surface area contributed by atoms with Crippen LogP contribution < -0.4 is 0 Å². The van der Waals surface area contributed by atoms with Gasteiger partial charge in [0.15, 0.2) is 0 Å². The summed E-state index contributed by atoms with van der Waals surface area (Å²) >= 11 is 0. The predicted molar refractivity (Wildman–Crippen MR) is 63.5 cm³/mol. The Morgan fingerprint density at radius 3 is 2.87 bits per heavy atom. The van der Waals surface area contributed by atoms with Crippen LogP contribution in [0.15, 0.2) is 42.5 Å². The molecule has 78 valence electrons. The summed E-state index contributed by atoms with van der Waals surface area (Å²) in [6.45, 7) is 6.18. The number of hydrogen-bond acceptors (Lipinski definition) is 1. The van der Waals surface area contributed by atoms with Gasteiger partial charge in [-0.2, -0.15) is 0 Å². The molecule has 0 saturated heterocycles. The Kier molecular flexibility index (Phi) is 2.74. The van der Waals surface area contributed by atoms with E-state index in [0.29, 0.717) is 0 Å². The highest BCUT2D eigenvalue weighted by molar-refractivity contribution is 5.78. The number of aliphatic hydroxyl groups excluding tert-OH is 1. The van der Waals surface area contributed by atoms with Gasteiger partial charge < -0.3 is 5.11 Å². The standard InChI is InChI=1S/C14H16O/c1-10-4-3-5-12(8-10)11(2)13-6-7-14(15)9-13/h3-6,8,14-15H,2,7,9H2,1H3. The zero-order valence-electron chi connectivity index (χ0n) is 9.03. The second kappa shape index (κ2) is 4.03. The number of rotatable bonds is 2. The Morgan fingerprint density at radius 2 is 2.27 bits per heavy atom. The first-order valence-electron chi connectivity index (χ1n) is 5.30. The van der Waals surface area contributed by atoms with Crippen molar-refractivity contribution >= 4 is 5.57 Å². The molecule has 1 nitrogen and oxygen atoms in total. The first-order chi connectivity index (χ1) is 7.16. The molecule has 1 N–H and O–H groups in total. The highest BCUT2D eigenvalue weighted by Gasteiger charge is 2.16.